The largest absolute Gasteiger partial charge is 0.468 e. The van der Waals surface area contributed by atoms with Gasteiger partial charge < -0.3 is 14.8 Å². The zero-order valence-corrected chi connectivity index (χ0v) is 13.5. The van der Waals surface area contributed by atoms with Gasteiger partial charge in [-0.1, -0.05) is 13.8 Å². The number of nitrogens with zero attached hydrogens (tertiary/aromatic N) is 1. The van der Waals surface area contributed by atoms with Crippen molar-refractivity contribution in [3.63, 3.8) is 0 Å². The van der Waals surface area contributed by atoms with Crippen LogP contribution in [0.25, 0.3) is 0 Å². The molecule has 2 heterocycles. The molecule has 4 heteroatoms. The number of furan rings is 1. The van der Waals surface area contributed by atoms with Crippen LogP contribution in [0.1, 0.15) is 51.3 Å². The molecule has 21 heavy (non-hydrogen) atoms. The summed E-state index contributed by atoms with van der Waals surface area (Å²) in [5, 5.41) is 13.3. The molecule has 1 aliphatic rings. The second kappa shape index (κ2) is 7.97. The Morgan fingerprint density at radius 2 is 2.05 bits per heavy atom. The van der Waals surface area contributed by atoms with Gasteiger partial charge in [-0.2, -0.15) is 0 Å². The highest BCUT2D eigenvalue weighted by molar-refractivity contribution is 5.06. The fourth-order valence-corrected chi connectivity index (χ4v) is 3.20. The molecule has 0 bridgehead atoms. The zero-order valence-electron chi connectivity index (χ0n) is 13.5. The van der Waals surface area contributed by atoms with Crippen LogP contribution in [-0.2, 0) is 0 Å². The van der Waals surface area contributed by atoms with Gasteiger partial charge in [-0.15, -0.1) is 0 Å². The van der Waals surface area contributed by atoms with E-state index >= 15 is 0 Å². The van der Waals surface area contributed by atoms with E-state index in [0.29, 0.717) is 6.04 Å². The van der Waals surface area contributed by atoms with Gasteiger partial charge in [0, 0.05) is 25.1 Å². The molecule has 0 aliphatic carbocycles. The summed E-state index contributed by atoms with van der Waals surface area (Å²) in [6.45, 7) is 8.62. The molecule has 0 amide bonds. The molecule has 4 nitrogen and oxygen atoms in total. The Bertz CT molecular complexity index is 373. The van der Waals surface area contributed by atoms with Crippen LogP contribution in [0.15, 0.2) is 22.8 Å². The lowest BCUT2D eigenvalue weighted by Crippen LogP contribution is -2.41. The van der Waals surface area contributed by atoms with Crippen molar-refractivity contribution in [2.24, 2.45) is 5.41 Å². The summed E-state index contributed by atoms with van der Waals surface area (Å²) in [6, 6.07) is 4.35. The van der Waals surface area contributed by atoms with E-state index in [1.165, 1.54) is 12.8 Å². The van der Waals surface area contributed by atoms with Crippen LogP contribution in [0.2, 0.25) is 0 Å². The van der Waals surface area contributed by atoms with Crippen molar-refractivity contribution < 1.29 is 9.52 Å². The summed E-state index contributed by atoms with van der Waals surface area (Å²) in [7, 11) is 0. The number of hydrogen-bond acceptors (Lipinski definition) is 4. The van der Waals surface area contributed by atoms with Crippen molar-refractivity contribution in [1.29, 1.82) is 0 Å². The minimum Gasteiger partial charge on any atom is -0.468 e. The number of likely N-dealkylation sites (tertiary alicyclic amines) is 1. The molecular weight excluding hydrogens is 264 g/mol. The van der Waals surface area contributed by atoms with E-state index in [0.717, 1.165) is 44.8 Å². The molecule has 0 spiro atoms. The first-order chi connectivity index (χ1) is 10.2. The highest BCUT2D eigenvalue weighted by Gasteiger charge is 2.28. The van der Waals surface area contributed by atoms with Gasteiger partial charge in [0.15, 0.2) is 0 Å². The van der Waals surface area contributed by atoms with Crippen molar-refractivity contribution >= 4 is 0 Å². The average molecular weight is 294 g/mol. The molecule has 1 fully saturated rings. The second-order valence-electron chi connectivity index (χ2n) is 6.27. The van der Waals surface area contributed by atoms with E-state index in [4.69, 9.17) is 4.42 Å². The molecule has 0 aromatic carbocycles. The van der Waals surface area contributed by atoms with Crippen molar-refractivity contribution in [2.75, 3.05) is 32.8 Å². The van der Waals surface area contributed by atoms with Gasteiger partial charge in [0.25, 0.3) is 0 Å². The molecule has 2 rings (SSSR count). The summed E-state index contributed by atoms with van der Waals surface area (Å²) in [5.74, 6) is 1.05. The van der Waals surface area contributed by atoms with Gasteiger partial charge in [-0.25, -0.2) is 0 Å². The summed E-state index contributed by atoms with van der Waals surface area (Å²) in [4.78, 5) is 2.50. The second-order valence-corrected chi connectivity index (χ2v) is 6.27. The van der Waals surface area contributed by atoms with Gasteiger partial charge in [0.1, 0.15) is 5.76 Å². The molecule has 1 aromatic rings. The lowest BCUT2D eigenvalue weighted by atomic mass is 9.83. The van der Waals surface area contributed by atoms with Gasteiger partial charge in [0.05, 0.1) is 12.3 Å². The van der Waals surface area contributed by atoms with Crippen LogP contribution in [0.3, 0.4) is 0 Å². The van der Waals surface area contributed by atoms with E-state index in [2.05, 4.69) is 30.1 Å². The van der Waals surface area contributed by atoms with Crippen LogP contribution in [0.5, 0.6) is 0 Å². The molecule has 0 saturated carbocycles. The third-order valence-corrected chi connectivity index (χ3v) is 5.13. The third-order valence-electron chi connectivity index (χ3n) is 5.13. The maximum absolute atomic E-state index is 9.67. The lowest BCUT2D eigenvalue weighted by molar-refractivity contribution is 0.108. The predicted molar refractivity (Wildman–Crippen MR) is 85.2 cm³/mol. The van der Waals surface area contributed by atoms with Crippen LogP contribution in [0.4, 0.5) is 0 Å². The van der Waals surface area contributed by atoms with Crippen LogP contribution >= 0.6 is 0 Å². The number of hydrogen-bond donors (Lipinski definition) is 2. The fourth-order valence-electron chi connectivity index (χ4n) is 3.20. The molecule has 1 aromatic heterocycles. The van der Waals surface area contributed by atoms with E-state index in [9.17, 15) is 5.11 Å². The highest BCUT2D eigenvalue weighted by atomic mass is 16.3. The summed E-state index contributed by atoms with van der Waals surface area (Å²) < 4.78 is 5.64. The lowest BCUT2D eigenvalue weighted by Gasteiger charge is -2.32. The quantitative estimate of drug-likeness (QED) is 0.735. The van der Waals surface area contributed by atoms with E-state index in [1.807, 2.05) is 6.07 Å². The monoisotopic (exact) mass is 294 g/mol. The third kappa shape index (κ3) is 4.09. The fraction of sp³-hybridized carbons (Fsp3) is 0.765. The summed E-state index contributed by atoms with van der Waals surface area (Å²) in [5.41, 5.74) is 0.0126. The average Bonchev–Trinajstić information content (AvgIpc) is 3.22. The van der Waals surface area contributed by atoms with Gasteiger partial charge in [-0.3, -0.25) is 4.90 Å². The minimum atomic E-state index is 0.0126. The number of aliphatic hydroxyl groups excluding tert-OH is 1. The Hall–Kier alpha value is -0.840. The Morgan fingerprint density at radius 3 is 2.57 bits per heavy atom. The zero-order chi connectivity index (χ0) is 15.1. The first-order valence-corrected chi connectivity index (χ1v) is 8.33. The molecule has 1 atom stereocenters. The van der Waals surface area contributed by atoms with Crippen LogP contribution in [-0.4, -0.2) is 42.8 Å². The Balaban J connectivity index is 1.93. The van der Waals surface area contributed by atoms with Crippen molar-refractivity contribution in [2.45, 2.75) is 45.6 Å². The summed E-state index contributed by atoms with van der Waals surface area (Å²) in [6.07, 6.45) is 6.32. The molecule has 0 radical (unpaired) electrons. The molecular formula is C17H30N2O2. The van der Waals surface area contributed by atoms with Gasteiger partial charge in [0.2, 0.25) is 0 Å². The first-order valence-electron chi connectivity index (χ1n) is 8.33. The Kier molecular flexibility index (Phi) is 6.27. The predicted octanol–water partition coefficient (Wildman–Crippen LogP) is 2.80. The Morgan fingerprint density at radius 1 is 1.33 bits per heavy atom. The minimum absolute atomic E-state index is 0.0126. The first kappa shape index (κ1) is 16.5. The van der Waals surface area contributed by atoms with E-state index in [-0.39, 0.29) is 12.0 Å². The number of rotatable bonds is 9. The molecule has 1 unspecified atom stereocenters. The maximum Gasteiger partial charge on any atom is 0.122 e. The molecule has 1 saturated heterocycles. The molecule has 120 valence electrons. The van der Waals surface area contributed by atoms with Crippen LogP contribution < -0.4 is 5.32 Å². The van der Waals surface area contributed by atoms with Crippen molar-refractivity contribution in [3.05, 3.63) is 24.2 Å². The van der Waals surface area contributed by atoms with Crippen LogP contribution in [0, 0.1) is 5.41 Å². The Labute approximate surface area is 128 Å². The van der Waals surface area contributed by atoms with Crippen molar-refractivity contribution in [3.8, 4) is 0 Å². The standard InChI is InChI=1S/C17H30N2O2/c1-3-17(4-2,14-20)13-18-12-15(16-8-7-11-21-16)19-9-5-6-10-19/h7-8,11,15,18,20H,3-6,9-10,12-14H2,1-2H3. The molecule has 1 aliphatic heterocycles. The van der Waals surface area contributed by atoms with Crippen molar-refractivity contribution in [1.82, 2.24) is 10.2 Å². The SMILES string of the molecule is CCC(CC)(CO)CNCC(c1ccco1)N1CCCC1. The normalized spacial score (nSPS) is 18.2. The topological polar surface area (TPSA) is 48.6 Å². The van der Waals surface area contributed by atoms with Gasteiger partial charge >= 0.3 is 0 Å². The number of aliphatic hydroxyl groups is 1. The summed E-state index contributed by atoms with van der Waals surface area (Å²) >= 11 is 0. The van der Waals surface area contributed by atoms with E-state index < -0.39 is 0 Å². The smallest absolute Gasteiger partial charge is 0.122 e. The molecule has 2 N–H and O–H groups in total. The highest BCUT2D eigenvalue weighted by Crippen LogP contribution is 2.27. The van der Waals surface area contributed by atoms with Gasteiger partial charge in [-0.05, 0) is 50.9 Å². The maximum atomic E-state index is 9.67. The number of nitrogens with one attached hydrogen (secondary N) is 1. The van der Waals surface area contributed by atoms with E-state index in [1.54, 1.807) is 6.26 Å².